The van der Waals surface area contributed by atoms with Crippen molar-refractivity contribution in [2.24, 2.45) is 5.41 Å². The summed E-state index contributed by atoms with van der Waals surface area (Å²) in [6.45, 7) is 4.75. The largest absolute Gasteiger partial charge is 0.380 e. The molecule has 0 aromatic rings. The highest BCUT2D eigenvalue weighted by Crippen LogP contribution is 2.40. The van der Waals surface area contributed by atoms with E-state index in [2.05, 4.69) is 27.5 Å². The first kappa shape index (κ1) is 11.7. The van der Waals surface area contributed by atoms with Crippen LogP contribution >= 0.6 is 22.6 Å². The van der Waals surface area contributed by atoms with E-state index >= 15 is 0 Å². The van der Waals surface area contributed by atoms with E-state index in [4.69, 9.17) is 4.74 Å². The molecular weight excluding hydrogens is 313 g/mol. The van der Waals surface area contributed by atoms with Crippen LogP contribution in [0.15, 0.2) is 0 Å². The van der Waals surface area contributed by atoms with E-state index in [1.165, 1.54) is 51.6 Å². The molecule has 92 valence electrons. The SMILES string of the molecule is IC1CCC(N2CCC3(CC2)COC3)CC1. The summed E-state index contributed by atoms with van der Waals surface area (Å²) in [5.41, 5.74) is 0.608. The molecule has 1 spiro atoms. The number of hydrogen-bond acceptors (Lipinski definition) is 2. The first-order chi connectivity index (χ1) is 7.77. The van der Waals surface area contributed by atoms with Crippen molar-refractivity contribution in [3.05, 3.63) is 0 Å². The number of halogens is 1. The third-order valence-corrected chi connectivity index (χ3v) is 6.06. The molecule has 2 heterocycles. The Labute approximate surface area is 112 Å². The molecule has 2 aliphatic heterocycles. The molecule has 3 aliphatic rings. The molecule has 16 heavy (non-hydrogen) atoms. The lowest BCUT2D eigenvalue weighted by Gasteiger charge is -2.49. The van der Waals surface area contributed by atoms with Gasteiger partial charge in [0.1, 0.15) is 0 Å². The van der Waals surface area contributed by atoms with Gasteiger partial charge in [-0.05, 0) is 51.6 Å². The van der Waals surface area contributed by atoms with E-state index in [1.807, 2.05) is 0 Å². The molecule has 0 radical (unpaired) electrons. The summed E-state index contributed by atoms with van der Waals surface area (Å²) in [5, 5.41) is 0. The van der Waals surface area contributed by atoms with E-state index in [0.717, 1.165) is 23.2 Å². The second-order valence-electron chi connectivity index (χ2n) is 5.93. The van der Waals surface area contributed by atoms with Crippen molar-refractivity contribution < 1.29 is 4.74 Å². The Balaban J connectivity index is 1.50. The molecule has 3 rings (SSSR count). The van der Waals surface area contributed by atoms with Crippen molar-refractivity contribution >= 4 is 22.6 Å². The third-order valence-electron chi connectivity index (χ3n) is 4.82. The smallest absolute Gasteiger partial charge is 0.0545 e. The lowest BCUT2D eigenvalue weighted by molar-refractivity contribution is -0.143. The first-order valence-corrected chi connectivity index (χ1v) is 7.98. The molecule has 0 aromatic heterocycles. The predicted octanol–water partition coefficient (Wildman–Crippen LogP) is 2.85. The standard InChI is InChI=1S/C13H22INO/c14-11-1-3-12(4-2-11)15-7-5-13(6-8-15)9-16-10-13/h11-12H,1-10H2. The molecule has 0 unspecified atom stereocenters. The quantitative estimate of drug-likeness (QED) is 0.540. The lowest BCUT2D eigenvalue weighted by Crippen LogP contribution is -2.53. The Bertz CT molecular complexity index is 236. The first-order valence-electron chi connectivity index (χ1n) is 6.73. The van der Waals surface area contributed by atoms with Gasteiger partial charge in [-0.15, -0.1) is 0 Å². The summed E-state index contributed by atoms with van der Waals surface area (Å²) in [6, 6.07) is 0.907. The minimum absolute atomic E-state index is 0.608. The molecule has 0 atom stereocenters. The average Bonchev–Trinajstić information content (AvgIpc) is 2.28. The summed E-state index contributed by atoms with van der Waals surface area (Å²) in [4.78, 5) is 2.77. The summed E-state index contributed by atoms with van der Waals surface area (Å²) in [6.07, 6.45) is 8.54. The second-order valence-corrected chi connectivity index (χ2v) is 7.70. The van der Waals surface area contributed by atoms with Crippen molar-refractivity contribution in [1.82, 2.24) is 4.90 Å². The van der Waals surface area contributed by atoms with Crippen LogP contribution in [0.4, 0.5) is 0 Å². The van der Waals surface area contributed by atoms with Crippen LogP contribution in [-0.4, -0.2) is 41.2 Å². The summed E-state index contributed by atoms with van der Waals surface area (Å²) in [5.74, 6) is 0. The number of rotatable bonds is 1. The van der Waals surface area contributed by atoms with Crippen molar-refractivity contribution in [3.8, 4) is 0 Å². The highest BCUT2D eigenvalue weighted by atomic mass is 127. The maximum Gasteiger partial charge on any atom is 0.0545 e. The Morgan fingerprint density at radius 2 is 1.62 bits per heavy atom. The normalized spacial score (nSPS) is 39.6. The van der Waals surface area contributed by atoms with Crippen LogP contribution in [0, 0.1) is 5.41 Å². The predicted molar refractivity (Wildman–Crippen MR) is 74.1 cm³/mol. The van der Waals surface area contributed by atoms with Crippen LogP contribution in [0.1, 0.15) is 38.5 Å². The average molecular weight is 335 g/mol. The molecule has 0 bridgehead atoms. The minimum Gasteiger partial charge on any atom is -0.380 e. The molecule has 2 nitrogen and oxygen atoms in total. The lowest BCUT2D eigenvalue weighted by atomic mass is 9.76. The zero-order chi connectivity index (χ0) is 11.0. The number of hydrogen-bond donors (Lipinski definition) is 0. The van der Waals surface area contributed by atoms with Gasteiger partial charge in [0.2, 0.25) is 0 Å². The van der Waals surface area contributed by atoms with Gasteiger partial charge in [-0.1, -0.05) is 22.6 Å². The van der Waals surface area contributed by atoms with E-state index in [-0.39, 0.29) is 0 Å². The van der Waals surface area contributed by atoms with Gasteiger partial charge >= 0.3 is 0 Å². The van der Waals surface area contributed by atoms with Crippen LogP contribution < -0.4 is 0 Å². The van der Waals surface area contributed by atoms with Crippen LogP contribution in [0.25, 0.3) is 0 Å². The third kappa shape index (κ3) is 2.27. The molecule has 3 fully saturated rings. The fourth-order valence-electron chi connectivity index (χ4n) is 3.44. The number of alkyl halides is 1. The monoisotopic (exact) mass is 335 g/mol. The Morgan fingerprint density at radius 3 is 2.12 bits per heavy atom. The summed E-state index contributed by atoms with van der Waals surface area (Å²) < 4.78 is 6.34. The van der Waals surface area contributed by atoms with Crippen LogP contribution in [-0.2, 0) is 4.74 Å². The number of ether oxygens (including phenoxy) is 1. The van der Waals surface area contributed by atoms with Gasteiger partial charge in [-0.2, -0.15) is 0 Å². The molecule has 0 N–H and O–H groups in total. The molecule has 1 aliphatic carbocycles. The van der Waals surface area contributed by atoms with Crippen molar-refractivity contribution in [3.63, 3.8) is 0 Å². The maximum absolute atomic E-state index is 5.39. The van der Waals surface area contributed by atoms with Gasteiger partial charge in [0.05, 0.1) is 13.2 Å². The minimum atomic E-state index is 0.608. The Morgan fingerprint density at radius 1 is 1.00 bits per heavy atom. The van der Waals surface area contributed by atoms with Crippen LogP contribution in [0.2, 0.25) is 0 Å². The van der Waals surface area contributed by atoms with Crippen molar-refractivity contribution in [2.45, 2.75) is 48.5 Å². The van der Waals surface area contributed by atoms with Gasteiger partial charge in [-0.25, -0.2) is 0 Å². The van der Waals surface area contributed by atoms with Gasteiger partial charge in [-0.3, -0.25) is 0 Å². The number of nitrogens with zero attached hydrogens (tertiary/aromatic N) is 1. The Hall–Kier alpha value is 0.650. The van der Waals surface area contributed by atoms with E-state index < -0.39 is 0 Å². The van der Waals surface area contributed by atoms with E-state index in [1.54, 1.807) is 0 Å². The van der Waals surface area contributed by atoms with E-state index in [0.29, 0.717) is 5.41 Å². The summed E-state index contributed by atoms with van der Waals surface area (Å²) in [7, 11) is 0. The molecule has 0 aromatic carbocycles. The van der Waals surface area contributed by atoms with Crippen LogP contribution in [0.3, 0.4) is 0 Å². The van der Waals surface area contributed by atoms with E-state index in [9.17, 15) is 0 Å². The molecule has 1 saturated carbocycles. The fourth-order valence-corrected chi connectivity index (χ4v) is 4.16. The molecule has 0 amide bonds. The topological polar surface area (TPSA) is 12.5 Å². The second kappa shape index (κ2) is 4.73. The maximum atomic E-state index is 5.39. The molecular formula is C13H22INO. The zero-order valence-corrected chi connectivity index (χ0v) is 12.1. The van der Waals surface area contributed by atoms with Gasteiger partial charge < -0.3 is 9.64 Å². The van der Waals surface area contributed by atoms with Crippen molar-refractivity contribution in [2.75, 3.05) is 26.3 Å². The molecule has 2 saturated heterocycles. The number of likely N-dealkylation sites (tertiary alicyclic amines) is 1. The number of piperidine rings is 1. The molecule has 3 heteroatoms. The van der Waals surface area contributed by atoms with Gasteiger partial charge in [0.15, 0.2) is 0 Å². The van der Waals surface area contributed by atoms with Crippen molar-refractivity contribution in [1.29, 1.82) is 0 Å². The highest BCUT2D eigenvalue weighted by molar-refractivity contribution is 14.1. The zero-order valence-electron chi connectivity index (χ0n) is 9.96. The summed E-state index contributed by atoms with van der Waals surface area (Å²) >= 11 is 2.62. The van der Waals surface area contributed by atoms with Gasteiger partial charge in [0, 0.05) is 15.4 Å². The van der Waals surface area contributed by atoms with Crippen LogP contribution in [0.5, 0.6) is 0 Å². The highest BCUT2D eigenvalue weighted by Gasteiger charge is 2.42. The van der Waals surface area contributed by atoms with Gasteiger partial charge in [0.25, 0.3) is 0 Å². The Kier molecular flexibility index (Phi) is 3.47. The fraction of sp³-hybridized carbons (Fsp3) is 1.00.